The number of carbonyl (C=O) groups excluding carboxylic acids is 1. The van der Waals surface area contributed by atoms with Gasteiger partial charge in [-0.05, 0) is 24.1 Å². The van der Waals surface area contributed by atoms with Gasteiger partial charge in [-0.2, -0.15) is 9.49 Å². The summed E-state index contributed by atoms with van der Waals surface area (Å²) in [7, 11) is 2.93. The highest BCUT2D eigenvalue weighted by atomic mass is 19.2. The number of rotatable bonds is 7. The second-order valence-electron chi connectivity index (χ2n) is 8.08. The minimum absolute atomic E-state index is 0.00693. The Morgan fingerprint density at radius 1 is 1.24 bits per heavy atom. The number of hydrazone groups is 1. The summed E-state index contributed by atoms with van der Waals surface area (Å²) in [5.41, 5.74) is 1.77. The molecule has 11 heteroatoms. The van der Waals surface area contributed by atoms with E-state index in [2.05, 4.69) is 20.3 Å². The molecule has 9 nitrogen and oxygen atoms in total. The van der Waals surface area contributed by atoms with Gasteiger partial charge in [0.15, 0.2) is 11.6 Å². The van der Waals surface area contributed by atoms with Crippen LogP contribution >= 0.6 is 0 Å². The first kappa shape index (κ1) is 23.8. The molecule has 182 valence electrons. The molecule has 1 aromatic heterocycles. The van der Waals surface area contributed by atoms with Crippen LogP contribution in [0.15, 0.2) is 29.5 Å². The molecule has 3 heterocycles. The Morgan fingerprint density at radius 2 is 2.09 bits per heavy atom. The molecule has 0 bridgehead atoms. The van der Waals surface area contributed by atoms with Gasteiger partial charge < -0.3 is 14.8 Å². The predicted molar refractivity (Wildman–Crippen MR) is 123 cm³/mol. The molecule has 0 saturated carbocycles. The van der Waals surface area contributed by atoms with Gasteiger partial charge in [-0.1, -0.05) is 6.07 Å². The van der Waals surface area contributed by atoms with Gasteiger partial charge in [-0.15, -0.1) is 0 Å². The van der Waals surface area contributed by atoms with E-state index in [1.54, 1.807) is 13.2 Å². The maximum atomic E-state index is 14.7. The average molecular weight is 475 g/mol. The topological polar surface area (TPSA) is 82.5 Å². The number of nitrogens with zero attached hydrogens (tertiary/aromatic N) is 5. The minimum Gasteiger partial charge on any atom is -0.494 e. The van der Waals surface area contributed by atoms with Gasteiger partial charge in [-0.25, -0.2) is 19.2 Å². The lowest BCUT2D eigenvalue weighted by Gasteiger charge is -2.34. The summed E-state index contributed by atoms with van der Waals surface area (Å²) in [4.78, 5) is 21.3. The van der Waals surface area contributed by atoms with Crippen molar-refractivity contribution in [2.75, 3.05) is 45.4 Å². The van der Waals surface area contributed by atoms with Crippen LogP contribution in [0, 0.1) is 11.6 Å². The number of hydrogen-bond acceptors (Lipinski definition) is 6. The summed E-state index contributed by atoms with van der Waals surface area (Å²) in [6, 6.07) is 4.23. The number of carbonyl (C=O) groups is 1. The minimum atomic E-state index is -1.10. The first-order chi connectivity index (χ1) is 16.5. The molecule has 0 aliphatic carbocycles. The summed E-state index contributed by atoms with van der Waals surface area (Å²) >= 11 is 0. The highest BCUT2D eigenvalue weighted by molar-refractivity contribution is 5.93. The number of halogens is 2. The van der Waals surface area contributed by atoms with E-state index in [-0.39, 0.29) is 24.4 Å². The van der Waals surface area contributed by atoms with Crippen LogP contribution < -0.4 is 15.0 Å². The first-order valence-corrected chi connectivity index (χ1v) is 11.1. The van der Waals surface area contributed by atoms with E-state index in [1.165, 1.54) is 35.5 Å². The Morgan fingerprint density at radius 3 is 2.88 bits per heavy atom. The van der Waals surface area contributed by atoms with Gasteiger partial charge >= 0.3 is 6.03 Å². The molecule has 0 radical (unpaired) electrons. The molecule has 2 aliphatic heterocycles. The largest absolute Gasteiger partial charge is 0.494 e. The van der Waals surface area contributed by atoms with Crippen molar-refractivity contribution in [2.24, 2.45) is 5.10 Å². The Hall–Kier alpha value is -3.31. The van der Waals surface area contributed by atoms with Crippen molar-refractivity contribution in [3.63, 3.8) is 0 Å². The summed E-state index contributed by atoms with van der Waals surface area (Å²) in [6.45, 7) is 3.93. The number of methoxy groups -OCH3 is 1. The van der Waals surface area contributed by atoms with Crippen molar-refractivity contribution in [1.29, 1.82) is 0 Å². The molecule has 2 aliphatic rings. The van der Waals surface area contributed by atoms with Crippen molar-refractivity contribution in [2.45, 2.75) is 26.1 Å². The van der Waals surface area contributed by atoms with E-state index in [0.29, 0.717) is 19.0 Å². The van der Waals surface area contributed by atoms with E-state index >= 15 is 0 Å². The highest BCUT2D eigenvalue weighted by Gasteiger charge is 2.33. The van der Waals surface area contributed by atoms with E-state index in [1.807, 2.05) is 6.07 Å². The van der Waals surface area contributed by atoms with Crippen LogP contribution in [0.25, 0.3) is 0 Å². The normalized spacial score (nSPS) is 17.1. The van der Waals surface area contributed by atoms with Crippen LogP contribution in [-0.4, -0.2) is 67.7 Å². The molecule has 1 fully saturated rings. The predicted octanol–water partition coefficient (Wildman–Crippen LogP) is 2.70. The summed E-state index contributed by atoms with van der Waals surface area (Å²) in [5, 5.41) is 8.19. The zero-order valence-electron chi connectivity index (χ0n) is 19.3. The molecule has 0 spiro atoms. The number of amides is 2. The molecule has 1 N–H and O–H groups in total. The quantitative estimate of drug-likeness (QED) is 0.491. The molecule has 2 aromatic rings. The van der Waals surface area contributed by atoms with E-state index < -0.39 is 17.7 Å². The van der Waals surface area contributed by atoms with Crippen LogP contribution in [0.3, 0.4) is 0 Å². The number of urea groups is 1. The molecule has 0 unspecified atom stereocenters. The zero-order valence-corrected chi connectivity index (χ0v) is 19.3. The summed E-state index contributed by atoms with van der Waals surface area (Å²) in [6.07, 6.45) is 4.09. The van der Waals surface area contributed by atoms with Crippen LogP contribution in [0.2, 0.25) is 0 Å². The van der Waals surface area contributed by atoms with Crippen molar-refractivity contribution >= 4 is 18.2 Å². The molecular weight excluding hydrogens is 446 g/mol. The smallest absolute Gasteiger partial charge is 0.346 e. The van der Waals surface area contributed by atoms with Crippen molar-refractivity contribution in [3.05, 3.63) is 52.7 Å². The maximum Gasteiger partial charge on any atom is 0.346 e. The molecule has 4 rings (SSSR count). The molecule has 1 saturated heterocycles. The number of benzene rings is 1. The van der Waals surface area contributed by atoms with Gasteiger partial charge in [0.25, 0.3) is 0 Å². The Kier molecular flexibility index (Phi) is 7.53. The first-order valence-electron chi connectivity index (χ1n) is 11.1. The van der Waals surface area contributed by atoms with Gasteiger partial charge in [0.1, 0.15) is 12.2 Å². The van der Waals surface area contributed by atoms with Crippen LogP contribution in [0.1, 0.15) is 23.1 Å². The van der Waals surface area contributed by atoms with Crippen molar-refractivity contribution in [3.8, 4) is 5.75 Å². The molecule has 2 amide bonds. The van der Waals surface area contributed by atoms with Gasteiger partial charge in [0, 0.05) is 50.6 Å². The van der Waals surface area contributed by atoms with Crippen LogP contribution in [0.4, 0.5) is 19.4 Å². The van der Waals surface area contributed by atoms with Gasteiger partial charge in [0.2, 0.25) is 5.82 Å². The number of anilines is 1. The number of aromatic nitrogens is 1. The lowest BCUT2D eigenvalue weighted by molar-refractivity contribution is 0.140. The number of pyridine rings is 1. The van der Waals surface area contributed by atoms with Crippen LogP contribution in [-0.2, 0) is 24.4 Å². The number of ether oxygens (including phenoxy) is 2. The third kappa shape index (κ3) is 5.10. The van der Waals surface area contributed by atoms with E-state index in [9.17, 15) is 13.6 Å². The summed E-state index contributed by atoms with van der Waals surface area (Å²) in [5.74, 6) is -1.96. The molecule has 34 heavy (non-hydrogen) atoms. The Bertz CT molecular complexity index is 1060. The lowest BCUT2D eigenvalue weighted by Crippen LogP contribution is -2.45. The second kappa shape index (κ2) is 10.7. The zero-order chi connectivity index (χ0) is 24.1. The van der Waals surface area contributed by atoms with Crippen molar-refractivity contribution in [1.82, 2.24) is 20.2 Å². The average Bonchev–Trinajstić information content (AvgIpc) is 3.11. The molecule has 1 aromatic carbocycles. The third-order valence-electron chi connectivity index (χ3n) is 5.75. The highest BCUT2D eigenvalue weighted by Crippen LogP contribution is 2.31. The molecule has 0 atom stereocenters. The Labute approximate surface area is 196 Å². The maximum absolute atomic E-state index is 14.7. The van der Waals surface area contributed by atoms with Gasteiger partial charge in [0.05, 0.1) is 26.8 Å². The standard InChI is InChI=1S/C23H28F2N6O3/c1-26-15-28-31-14-18-10-16(12-29-6-3-8-34-9-7-29)11-27-22(18)30(23(31)32)13-17-4-5-19(33-2)21(25)20(17)24/h4-5,10-11,15H,3,6-9,12-14H2,1-2H3,(H,26,28). The third-order valence-corrected chi connectivity index (χ3v) is 5.75. The summed E-state index contributed by atoms with van der Waals surface area (Å²) < 4.78 is 39.3. The lowest BCUT2D eigenvalue weighted by atomic mass is 10.1. The molecular formula is C23H28F2N6O3. The number of nitrogens with one attached hydrogen (secondary N) is 1. The SMILES string of the molecule is CN/C=N\N1Cc2cc(CN3CCCOCC3)cnc2N(Cc2ccc(OC)c(F)c2F)C1=O. The van der Waals surface area contributed by atoms with Crippen LogP contribution in [0.5, 0.6) is 5.75 Å². The fourth-order valence-corrected chi connectivity index (χ4v) is 4.05. The van der Waals surface area contributed by atoms with E-state index in [0.717, 1.165) is 37.2 Å². The fraction of sp³-hybridized carbons (Fsp3) is 0.435. The monoisotopic (exact) mass is 474 g/mol. The Balaban J connectivity index is 1.64. The van der Waals surface area contributed by atoms with E-state index in [4.69, 9.17) is 9.47 Å². The second-order valence-corrected chi connectivity index (χ2v) is 8.08. The fourth-order valence-electron chi connectivity index (χ4n) is 4.05. The van der Waals surface area contributed by atoms with Crippen molar-refractivity contribution < 1.29 is 23.0 Å². The number of fused-ring (bicyclic) bond motifs is 1. The number of hydrogen-bond donors (Lipinski definition) is 1. The van der Waals surface area contributed by atoms with Gasteiger partial charge in [-0.3, -0.25) is 9.80 Å².